The molecule has 1 rings (SSSR count). The van der Waals surface area contributed by atoms with Crippen LogP contribution in [0.1, 0.15) is 10.4 Å². The van der Waals surface area contributed by atoms with Crippen LogP contribution in [0.15, 0.2) is 22.7 Å². The highest BCUT2D eigenvalue weighted by Gasteiger charge is 2.40. The maximum atomic E-state index is 12.6. The zero-order valence-electron chi connectivity index (χ0n) is 8.89. The number of hydrogen-bond donors (Lipinski definition) is 2. The topological polar surface area (TPSA) is 55.1 Å². The zero-order chi connectivity index (χ0) is 13.9. The first-order chi connectivity index (χ1) is 8.24. The molecule has 0 aromatic heterocycles. The highest BCUT2D eigenvalue weighted by atomic mass is 79.9. The highest BCUT2D eigenvalue weighted by Crippen LogP contribution is 2.22. The number of amides is 1. The molecule has 18 heavy (non-hydrogen) atoms. The van der Waals surface area contributed by atoms with Gasteiger partial charge in [0.05, 0.1) is 12.1 Å². The van der Waals surface area contributed by atoms with Crippen LogP contribution in [0.5, 0.6) is 0 Å². The van der Waals surface area contributed by atoms with Crippen molar-refractivity contribution >= 4 is 27.5 Å². The minimum Gasteiger partial charge on any atom is -0.398 e. The number of anilines is 1. The van der Waals surface area contributed by atoms with E-state index in [-0.39, 0.29) is 11.3 Å². The van der Waals surface area contributed by atoms with Crippen LogP contribution in [-0.4, -0.2) is 24.8 Å². The van der Waals surface area contributed by atoms with Gasteiger partial charge >= 0.3 is 12.3 Å². The normalized spacial score (nSPS) is 11.7. The lowest BCUT2D eigenvalue weighted by Gasteiger charge is -2.16. The van der Waals surface area contributed by atoms with Crippen molar-refractivity contribution in [3.63, 3.8) is 0 Å². The van der Waals surface area contributed by atoms with Crippen molar-refractivity contribution in [1.29, 1.82) is 0 Å². The SMILES string of the molecule is Nc1ccc(Br)cc1C(=O)NCC(F)(F)C(F)F. The molecule has 0 aliphatic heterocycles. The Labute approximate surface area is 108 Å². The van der Waals surface area contributed by atoms with Crippen LogP contribution >= 0.6 is 15.9 Å². The average molecular weight is 329 g/mol. The number of hydrogen-bond acceptors (Lipinski definition) is 2. The molecule has 0 saturated carbocycles. The molecule has 0 atom stereocenters. The Kier molecular flexibility index (Phi) is 4.55. The lowest BCUT2D eigenvalue weighted by atomic mass is 10.1. The van der Waals surface area contributed by atoms with Crippen LogP contribution in [0.3, 0.4) is 0 Å². The second-order valence-corrected chi connectivity index (χ2v) is 4.39. The Balaban J connectivity index is 2.75. The van der Waals surface area contributed by atoms with Crippen molar-refractivity contribution in [2.75, 3.05) is 12.3 Å². The molecule has 1 aromatic rings. The van der Waals surface area contributed by atoms with Crippen LogP contribution < -0.4 is 11.1 Å². The highest BCUT2D eigenvalue weighted by molar-refractivity contribution is 9.10. The van der Waals surface area contributed by atoms with Gasteiger partial charge in [0.1, 0.15) is 0 Å². The van der Waals surface area contributed by atoms with Crippen LogP contribution in [0.25, 0.3) is 0 Å². The maximum absolute atomic E-state index is 12.6. The van der Waals surface area contributed by atoms with E-state index in [1.165, 1.54) is 12.1 Å². The summed E-state index contributed by atoms with van der Waals surface area (Å²) in [6.07, 6.45) is -3.84. The van der Waals surface area contributed by atoms with Crippen molar-refractivity contribution in [3.8, 4) is 0 Å². The van der Waals surface area contributed by atoms with Gasteiger partial charge in [0, 0.05) is 10.2 Å². The second-order valence-electron chi connectivity index (χ2n) is 3.48. The number of rotatable bonds is 4. The summed E-state index contributed by atoms with van der Waals surface area (Å²) < 4.78 is 49.5. The first kappa shape index (κ1) is 14.7. The fourth-order valence-corrected chi connectivity index (χ4v) is 1.46. The first-order valence-corrected chi connectivity index (χ1v) is 5.52. The number of nitrogens with two attached hydrogens (primary N) is 1. The van der Waals surface area contributed by atoms with E-state index in [0.717, 1.165) is 0 Å². The predicted octanol–water partition coefficient (Wildman–Crippen LogP) is 2.66. The van der Waals surface area contributed by atoms with Gasteiger partial charge in [-0.05, 0) is 18.2 Å². The molecule has 0 unspecified atom stereocenters. The van der Waals surface area contributed by atoms with Crippen molar-refractivity contribution < 1.29 is 22.4 Å². The molecule has 1 amide bonds. The molecule has 0 saturated heterocycles. The fraction of sp³-hybridized carbons (Fsp3) is 0.300. The Morgan fingerprint density at radius 1 is 1.44 bits per heavy atom. The summed E-state index contributed by atoms with van der Waals surface area (Å²) >= 11 is 3.07. The molecular weight excluding hydrogens is 320 g/mol. The molecule has 0 fully saturated rings. The van der Waals surface area contributed by atoms with Crippen LogP contribution in [0.2, 0.25) is 0 Å². The van der Waals surface area contributed by atoms with Gasteiger partial charge in [-0.2, -0.15) is 8.78 Å². The molecule has 0 bridgehead atoms. The van der Waals surface area contributed by atoms with Gasteiger partial charge in [0.25, 0.3) is 5.91 Å². The number of alkyl halides is 4. The standard InChI is InChI=1S/C10H9BrF4N2O/c11-5-1-2-7(16)6(3-5)8(18)17-4-10(14,15)9(12)13/h1-3,9H,4,16H2,(H,17,18). The molecule has 8 heteroatoms. The van der Waals surface area contributed by atoms with Crippen molar-refractivity contribution in [2.45, 2.75) is 12.3 Å². The Bertz CT molecular complexity index is 454. The van der Waals surface area contributed by atoms with Gasteiger partial charge in [-0.3, -0.25) is 4.79 Å². The summed E-state index contributed by atoms with van der Waals surface area (Å²) in [6.45, 7) is -1.45. The van der Waals surface area contributed by atoms with Gasteiger partial charge in [-0.25, -0.2) is 8.78 Å². The number of halogens is 5. The lowest BCUT2D eigenvalue weighted by Crippen LogP contribution is -2.41. The fourth-order valence-electron chi connectivity index (χ4n) is 1.10. The summed E-state index contributed by atoms with van der Waals surface area (Å²) in [7, 11) is 0. The number of benzene rings is 1. The minimum atomic E-state index is -4.27. The van der Waals surface area contributed by atoms with Crippen molar-refractivity contribution in [3.05, 3.63) is 28.2 Å². The lowest BCUT2D eigenvalue weighted by molar-refractivity contribution is -0.123. The molecule has 100 valence electrons. The largest absolute Gasteiger partial charge is 0.398 e. The van der Waals surface area contributed by atoms with Gasteiger partial charge < -0.3 is 11.1 Å². The zero-order valence-corrected chi connectivity index (χ0v) is 10.5. The Morgan fingerprint density at radius 2 is 2.06 bits per heavy atom. The average Bonchev–Trinajstić information content (AvgIpc) is 2.29. The van der Waals surface area contributed by atoms with Gasteiger partial charge in [0.2, 0.25) is 0 Å². The predicted molar refractivity (Wildman–Crippen MR) is 61.8 cm³/mol. The van der Waals surface area contributed by atoms with E-state index in [4.69, 9.17) is 5.73 Å². The molecule has 0 radical (unpaired) electrons. The van der Waals surface area contributed by atoms with Crippen molar-refractivity contribution in [2.24, 2.45) is 0 Å². The molecule has 0 heterocycles. The smallest absolute Gasteiger partial charge is 0.324 e. The minimum absolute atomic E-state index is 0.0607. The molecule has 3 N–H and O–H groups in total. The second kappa shape index (κ2) is 5.55. The summed E-state index contributed by atoms with van der Waals surface area (Å²) in [5.74, 6) is -5.20. The number of nitrogen functional groups attached to an aromatic ring is 1. The maximum Gasteiger partial charge on any atom is 0.324 e. The first-order valence-electron chi connectivity index (χ1n) is 4.73. The van der Waals surface area contributed by atoms with E-state index in [1.54, 1.807) is 11.4 Å². The summed E-state index contributed by atoms with van der Waals surface area (Å²) in [4.78, 5) is 11.5. The number of carbonyl (C=O) groups excluding carboxylic acids is 1. The summed E-state index contributed by atoms with van der Waals surface area (Å²) in [6, 6.07) is 4.26. The number of nitrogens with one attached hydrogen (secondary N) is 1. The van der Waals surface area contributed by atoms with Gasteiger partial charge in [-0.15, -0.1) is 0 Å². The van der Waals surface area contributed by atoms with Crippen molar-refractivity contribution in [1.82, 2.24) is 5.32 Å². The van der Waals surface area contributed by atoms with Crippen LogP contribution in [-0.2, 0) is 0 Å². The molecule has 3 nitrogen and oxygen atoms in total. The third kappa shape index (κ3) is 3.59. The Morgan fingerprint density at radius 3 is 2.61 bits per heavy atom. The van der Waals surface area contributed by atoms with Crippen LogP contribution in [0.4, 0.5) is 23.2 Å². The quantitative estimate of drug-likeness (QED) is 0.659. The molecule has 0 spiro atoms. The molecule has 1 aromatic carbocycles. The third-order valence-corrected chi connectivity index (χ3v) is 2.56. The van der Waals surface area contributed by atoms with Crippen LogP contribution in [0, 0.1) is 0 Å². The summed E-state index contributed by atoms with van der Waals surface area (Å²) in [5, 5.41) is 1.72. The molecule has 0 aliphatic carbocycles. The molecular formula is C10H9BrF4N2O. The van der Waals surface area contributed by atoms with E-state index < -0.39 is 24.8 Å². The van der Waals surface area contributed by atoms with E-state index in [2.05, 4.69) is 15.9 Å². The van der Waals surface area contributed by atoms with Gasteiger partial charge in [0.15, 0.2) is 0 Å². The Hall–Kier alpha value is -1.31. The number of carbonyl (C=O) groups is 1. The van der Waals surface area contributed by atoms with E-state index in [0.29, 0.717) is 4.47 Å². The molecule has 0 aliphatic rings. The van der Waals surface area contributed by atoms with E-state index in [9.17, 15) is 22.4 Å². The van der Waals surface area contributed by atoms with E-state index >= 15 is 0 Å². The third-order valence-electron chi connectivity index (χ3n) is 2.06. The van der Waals surface area contributed by atoms with Gasteiger partial charge in [-0.1, -0.05) is 15.9 Å². The van der Waals surface area contributed by atoms with E-state index in [1.807, 2.05) is 0 Å². The monoisotopic (exact) mass is 328 g/mol. The summed E-state index contributed by atoms with van der Waals surface area (Å²) in [5.41, 5.74) is 5.48.